The third kappa shape index (κ3) is 3.35. The van der Waals surface area contributed by atoms with Crippen LogP contribution in [-0.4, -0.2) is 36.6 Å². The zero-order chi connectivity index (χ0) is 13.1. The van der Waals surface area contributed by atoms with Gasteiger partial charge in [0.05, 0.1) is 0 Å². The fourth-order valence-electron chi connectivity index (χ4n) is 3.11. The number of nitrogens with one attached hydrogen (secondary N) is 1. The first-order chi connectivity index (χ1) is 9.36. The van der Waals surface area contributed by atoms with E-state index in [0.717, 1.165) is 25.6 Å². The Hall–Kier alpha value is -0.900. The van der Waals surface area contributed by atoms with E-state index >= 15 is 0 Å². The molecule has 19 heavy (non-hydrogen) atoms. The molecule has 1 aliphatic carbocycles. The van der Waals surface area contributed by atoms with E-state index in [1.807, 2.05) is 0 Å². The summed E-state index contributed by atoms with van der Waals surface area (Å²) in [6.45, 7) is 4.24. The van der Waals surface area contributed by atoms with Gasteiger partial charge in [-0.25, -0.2) is 0 Å². The highest BCUT2D eigenvalue weighted by atomic mass is 15.2. The van der Waals surface area contributed by atoms with E-state index in [1.54, 1.807) is 0 Å². The third-order valence-electron chi connectivity index (χ3n) is 4.40. The summed E-state index contributed by atoms with van der Waals surface area (Å²) in [5, 5.41) is 3.73. The predicted octanol–water partition coefficient (Wildman–Crippen LogP) is 1.51. The van der Waals surface area contributed by atoms with Gasteiger partial charge in [-0.3, -0.25) is 4.90 Å². The van der Waals surface area contributed by atoms with E-state index < -0.39 is 0 Å². The minimum absolute atomic E-state index is 0.673. The standard InChI is InChI=1S/C16H25N3/c17-9-7-13-3-1-2-4-14(13)11-18-15-8-10-19(12-15)16-5-6-16/h1-4,15-16,18H,5-12,17H2. The van der Waals surface area contributed by atoms with Gasteiger partial charge in [-0.1, -0.05) is 24.3 Å². The van der Waals surface area contributed by atoms with Crippen molar-refractivity contribution in [3.63, 3.8) is 0 Å². The molecule has 1 saturated heterocycles. The lowest BCUT2D eigenvalue weighted by Crippen LogP contribution is -2.33. The Bertz CT molecular complexity index is 414. The second-order valence-electron chi connectivity index (χ2n) is 5.90. The van der Waals surface area contributed by atoms with Crippen LogP contribution in [-0.2, 0) is 13.0 Å². The van der Waals surface area contributed by atoms with Crippen LogP contribution in [0.25, 0.3) is 0 Å². The van der Waals surface area contributed by atoms with E-state index in [2.05, 4.69) is 34.5 Å². The summed E-state index contributed by atoms with van der Waals surface area (Å²) >= 11 is 0. The van der Waals surface area contributed by atoms with Gasteiger partial charge in [0.1, 0.15) is 0 Å². The van der Waals surface area contributed by atoms with Crippen LogP contribution in [0.2, 0.25) is 0 Å². The van der Waals surface area contributed by atoms with Crippen LogP contribution in [0.1, 0.15) is 30.4 Å². The molecule has 3 N–H and O–H groups in total. The number of nitrogens with two attached hydrogens (primary N) is 1. The molecule has 0 aromatic heterocycles. The average molecular weight is 259 g/mol. The van der Waals surface area contributed by atoms with Gasteiger partial charge >= 0.3 is 0 Å². The number of likely N-dealkylation sites (tertiary alicyclic amines) is 1. The van der Waals surface area contributed by atoms with Crippen molar-refractivity contribution in [3.8, 4) is 0 Å². The Labute approximate surface area is 116 Å². The lowest BCUT2D eigenvalue weighted by Gasteiger charge is -2.17. The second-order valence-corrected chi connectivity index (χ2v) is 5.90. The molecule has 3 heteroatoms. The summed E-state index contributed by atoms with van der Waals surface area (Å²) in [4.78, 5) is 2.66. The van der Waals surface area contributed by atoms with Gasteiger partial charge in [0.25, 0.3) is 0 Å². The number of hydrogen-bond acceptors (Lipinski definition) is 3. The van der Waals surface area contributed by atoms with Crippen LogP contribution in [0, 0.1) is 0 Å². The van der Waals surface area contributed by atoms with Crippen LogP contribution < -0.4 is 11.1 Å². The first-order valence-electron chi connectivity index (χ1n) is 7.61. The highest BCUT2D eigenvalue weighted by molar-refractivity contribution is 5.27. The van der Waals surface area contributed by atoms with E-state index in [-0.39, 0.29) is 0 Å². The number of rotatable bonds is 6. The highest BCUT2D eigenvalue weighted by Gasteiger charge is 2.34. The highest BCUT2D eigenvalue weighted by Crippen LogP contribution is 2.29. The second kappa shape index (κ2) is 6.04. The Kier molecular flexibility index (Phi) is 4.16. The van der Waals surface area contributed by atoms with Gasteiger partial charge in [-0.2, -0.15) is 0 Å². The molecule has 1 heterocycles. The number of hydrogen-bond donors (Lipinski definition) is 2. The van der Waals surface area contributed by atoms with Crippen molar-refractivity contribution in [1.82, 2.24) is 10.2 Å². The monoisotopic (exact) mass is 259 g/mol. The van der Waals surface area contributed by atoms with Crippen molar-refractivity contribution in [2.75, 3.05) is 19.6 Å². The molecule has 1 aromatic carbocycles. The topological polar surface area (TPSA) is 41.3 Å². The summed E-state index contributed by atoms with van der Waals surface area (Å²) in [6, 6.07) is 10.3. The quantitative estimate of drug-likeness (QED) is 0.814. The van der Waals surface area contributed by atoms with Crippen LogP contribution in [0.3, 0.4) is 0 Å². The van der Waals surface area contributed by atoms with Gasteiger partial charge in [-0.05, 0) is 43.4 Å². The molecule has 1 aromatic rings. The minimum Gasteiger partial charge on any atom is -0.330 e. The summed E-state index contributed by atoms with van der Waals surface area (Å²) in [5.74, 6) is 0. The van der Waals surface area contributed by atoms with Gasteiger partial charge in [-0.15, -0.1) is 0 Å². The normalized spacial score (nSPS) is 23.9. The van der Waals surface area contributed by atoms with Crippen molar-refractivity contribution < 1.29 is 0 Å². The zero-order valence-corrected chi connectivity index (χ0v) is 11.6. The van der Waals surface area contributed by atoms with E-state index in [0.29, 0.717) is 6.04 Å². The molecule has 3 nitrogen and oxygen atoms in total. The molecule has 2 fully saturated rings. The summed E-state index contributed by atoms with van der Waals surface area (Å²) in [6.07, 6.45) is 5.13. The molecule has 1 aliphatic heterocycles. The SMILES string of the molecule is NCCc1ccccc1CNC1CCN(C2CC2)C1. The van der Waals surface area contributed by atoms with Gasteiger partial charge in [0.2, 0.25) is 0 Å². The molecule has 1 saturated carbocycles. The van der Waals surface area contributed by atoms with Crippen molar-refractivity contribution in [1.29, 1.82) is 0 Å². The van der Waals surface area contributed by atoms with E-state index in [9.17, 15) is 0 Å². The first-order valence-corrected chi connectivity index (χ1v) is 7.61. The van der Waals surface area contributed by atoms with Crippen LogP contribution in [0.5, 0.6) is 0 Å². The summed E-state index contributed by atoms with van der Waals surface area (Å²) in [5.41, 5.74) is 8.49. The van der Waals surface area contributed by atoms with E-state index in [4.69, 9.17) is 5.73 Å². The Balaban J connectivity index is 1.51. The number of nitrogens with zero attached hydrogens (tertiary/aromatic N) is 1. The molecule has 0 spiro atoms. The fourth-order valence-corrected chi connectivity index (χ4v) is 3.11. The molecule has 1 atom stereocenters. The summed E-state index contributed by atoms with van der Waals surface area (Å²) in [7, 11) is 0. The summed E-state index contributed by atoms with van der Waals surface area (Å²) < 4.78 is 0. The average Bonchev–Trinajstić information content (AvgIpc) is 3.18. The molecule has 104 valence electrons. The molecule has 0 amide bonds. The number of benzene rings is 1. The van der Waals surface area contributed by atoms with Crippen LogP contribution >= 0.6 is 0 Å². The van der Waals surface area contributed by atoms with Crippen molar-refractivity contribution in [3.05, 3.63) is 35.4 Å². The lowest BCUT2D eigenvalue weighted by molar-refractivity contribution is 0.317. The van der Waals surface area contributed by atoms with Gasteiger partial charge in [0.15, 0.2) is 0 Å². The molecular formula is C16H25N3. The Morgan fingerprint density at radius 1 is 1.16 bits per heavy atom. The van der Waals surface area contributed by atoms with Crippen molar-refractivity contribution in [2.24, 2.45) is 5.73 Å². The molecule has 0 bridgehead atoms. The van der Waals surface area contributed by atoms with Crippen molar-refractivity contribution in [2.45, 2.75) is 44.3 Å². The maximum atomic E-state index is 5.68. The Morgan fingerprint density at radius 2 is 1.95 bits per heavy atom. The zero-order valence-electron chi connectivity index (χ0n) is 11.6. The largest absolute Gasteiger partial charge is 0.330 e. The van der Waals surface area contributed by atoms with Crippen molar-refractivity contribution >= 4 is 0 Å². The predicted molar refractivity (Wildman–Crippen MR) is 79.0 cm³/mol. The smallest absolute Gasteiger partial charge is 0.0211 e. The molecule has 0 radical (unpaired) electrons. The molecule has 3 rings (SSSR count). The van der Waals surface area contributed by atoms with E-state index in [1.165, 1.54) is 43.5 Å². The van der Waals surface area contributed by atoms with Crippen LogP contribution in [0.15, 0.2) is 24.3 Å². The lowest BCUT2D eigenvalue weighted by atomic mass is 10.0. The minimum atomic E-state index is 0.673. The Morgan fingerprint density at radius 3 is 2.68 bits per heavy atom. The van der Waals surface area contributed by atoms with Gasteiger partial charge < -0.3 is 11.1 Å². The molecule has 1 unspecified atom stereocenters. The first kappa shape index (κ1) is 13.1. The van der Waals surface area contributed by atoms with Crippen LogP contribution in [0.4, 0.5) is 0 Å². The van der Waals surface area contributed by atoms with Gasteiger partial charge in [0, 0.05) is 31.7 Å². The maximum absolute atomic E-state index is 5.68. The maximum Gasteiger partial charge on any atom is 0.0211 e. The molecular weight excluding hydrogens is 234 g/mol. The molecule has 2 aliphatic rings. The fraction of sp³-hybridized carbons (Fsp3) is 0.625. The third-order valence-corrected chi connectivity index (χ3v) is 4.40.